The fourth-order valence-electron chi connectivity index (χ4n) is 1.55. The van der Waals surface area contributed by atoms with Crippen LogP contribution in [0.25, 0.3) is 0 Å². The third-order valence-electron chi connectivity index (χ3n) is 2.60. The van der Waals surface area contributed by atoms with Crippen LogP contribution in [0, 0.1) is 17.6 Å². The molecule has 21 heavy (non-hydrogen) atoms. The van der Waals surface area contributed by atoms with Gasteiger partial charge in [0.15, 0.2) is 17.5 Å². The lowest BCUT2D eigenvalue weighted by Crippen LogP contribution is -2.12. The van der Waals surface area contributed by atoms with E-state index in [-0.39, 0.29) is 11.4 Å². The smallest absolute Gasteiger partial charge is 0.251 e. The number of primary sulfonamides is 1. The van der Waals surface area contributed by atoms with Crippen LogP contribution < -0.4 is 10.5 Å². The van der Waals surface area contributed by atoms with Crippen molar-refractivity contribution in [2.75, 3.05) is 5.32 Å². The monoisotopic (exact) mass is 317 g/mol. The van der Waals surface area contributed by atoms with Crippen LogP contribution in [-0.4, -0.2) is 13.4 Å². The highest BCUT2D eigenvalue weighted by Gasteiger charge is 2.11. The van der Waals surface area contributed by atoms with E-state index >= 15 is 0 Å². The van der Waals surface area contributed by atoms with Gasteiger partial charge in [-0.1, -0.05) is 12.1 Å². The zero-order valence-corrected chi connectivity index (χ0v) is 11.3. The molecular formula is C12H10F3N3O2S. The van der Waals surface area contributed by atoms with E-state index in [4.69, 9.17) is 5.14 Å². The minimum atomic E-state index is -3.79. The van der Waals surface area contributed by atoms with Gasteiger partial charge in [0.2, 0.25) is 10.0 Å². The van der Waals surface area contributed by atoms with Gasteiger partial charge in [-0.25, -0.2) is 22.3 Å². The molecule has 9 heteroatoms. The van der Waals surface area contributed by atoms with Crippen LogP contribution >= 0.6 is 0 Å². The van der Waals surface area contributed by atoms with Crippen LogP contribution in [0.3, 0.4) is 0 Å². The van der Waals surface area contributed by atoms with Gasteiger partial charge in [-0.05, 0) is 17.7 Å². The number of anilines is 1. The summed E-state index contributed by atoms with van der Waals surface area (Å²) in [6.45, 7) is 0.0416. The molecule has 3 N–H and O–H groups in total. The molecule has 0 aliphatic carbocycles. The van der Waals surface area contributed by atoms with Crippen molar-refractivity contribution >= 4 is 15.8 Å². The molecule has 1 aromatic carbocycles. The minimum absolute atomic E-state index is 0.0416. The standard InChI is InChI=1S/C12H10F3N3O2S/c13-9-5-10(14)12(18-11(9)15)17-6-7-1-3-8(4-2-7)21(16,19)20/h1-5H,6H2,(H,17,18)(H2,16,19,20). The Morgan fingerprint density at radius 1 is 1.10 bits per heavy atom. The number of rotatable bonds is 4. The van der Waals surface area contributed by atoms with E-state index in [0.717, 1.165) is 0 Å². The average Bonchev–Trinajstić information content (AvgIpc) is 2.41. The Morgan fingerprint density at radius 2 is 1.71 bits per heavy atom. The van der Waals surface area contributed by atoms with Crippen molar-refractivity contribution in [3.8, 4) is 0 Å². The molecule has 0 spiro atoms. The van der Waals surface area contributed by atoms with Gasteiger partial charge in [0.05, 0.1) is 4.90 Å². The summed E-state index contributed by atoms with van der Waals surface area (Å²) in [5, 5.41) is 7.42. The molecule has 0 atom stereocenters. The van der Waals surface area contributed by atoms with Crippen molar-refractivity contribution in [2.24, 2.45) is 5.14 Å². The highest BCUT2D eigenvalue weighted by atomic mass is 32.2. The van der Waals surface area contributed by atoms with Gasteiger partial charge in [0, 0.05) is 12.6 Å². The summed E-state index contributed by atoms with van der Waals surface area (Å²) in [6, 6.07) is 5.84. The number of nitrogens with zero attached hydrogens (tertiary/aromatic N) is 1. The number of hydrogen-bond acceptors (Lipinski definition) is 4. The van der Waals surface area contributed by atoms with Gasteiger partial charge < -0.3 is 5.32 Å². The number of sulfonamides is 1. The number of hydrogen-bond donors (Lipinski definition) is 2. The molecular weight excluding hydrogens is 307 g/mol. The number of pyridine rings is 1. The van der Waals surface area contributed by atoms with E-state index in [1.165, 1.54) is 24.3 Å². The van der Waals surface area contributed by atoms with Gasteiger partial charge in [-0.15, -0.1) is 0 Å². The molecule has 2 aromatic rings. The van der Waals surface area contributed by atoms with Gasteiger partial charge >= 0.3 is 0 Å². The van der Waals surface area contributed by atoms with E-state index in [2.05, 4.69) is 10.3 Å². The Kier molecular flexibility index (Phi) is 4.14. The molecule has 1 heterocycles. The maximum Gasteiger partial charge on any atom is 0.251 e. The lowest BCUT2D eigenvalue weighted by molar-refractivity contribution is 0.466. The molecule has 1 aromatic heterocycles. The Labute approximate surface area is 118 Å². The molecule has 0 aliphatic rings. The summed E-state index contributed by atoms with van der Waals surface area (Å²) < 4.78 is 61.1. The summed E-state index contributed by atoms with van der Waals surface area (Å²) >= 11 is 0. The van der Waals surface area contributed by atoms with Crippen LogP contribution in [0.15, 0.2) is 35.2 Å². The second-order valence-corrected chi connectivity index (χ2v) is 5.70. The highest BCUT2D eigenvalue weighted by molar-refractivity contribution is 7.89. The van der Waals surface area contributed by atoms with E-state index in [0.29, 0.717) is 11.6 Å². The second-order valence-electron chi connectivity index (χ2n) is 4.13. The number of nitrogens with one attached hydrogen (secondary N) is 1. The summed E-state index contributed by atoms with van der Waals surface area (Å²) in [6.07, 6.45) is 0. The quantitative estimate of drug-likeness (QED) is 0.842. The first-order valence-corrected chi connectivity index (χ1v) is 7.19. The lowest BCUT2D eigenvalue weighted by Gasteiger charge is -2.07. The molecule has 0 saturated heterocycles. The van der Waals surface area contributed by atoms with E-state index in [1.54, 1.807) is 0 Å². The summed E-state index contributed by atoms with van der Waals surface area (Å²) in [4.78, 5) is 3.03. The molecule has 112 valence electrons. The van der Waals surface area contributed by atoms with Crippen molar-refractivity contribution < 1.29 is 21.6 Å². The Hall–Kier alpha value is -2.13. The molecule has 2 rings (SSSR count). The van der Waals surface area contributed by atoms with Crippen LogP contribution in [-0.2, 0) is 16.6 Å². The van der Waals surface area contributed by atoms with Gasteiger partial charge in [0.1, 0.15) is 0 Å². The predicted molar refractivity (Wildman–Crippen MR) is 69.3 cm³/mol. The minimum Gasteiger partial charge on any atom is -0.363 e. The topological polar surface area (TPSA) is 85.1 Å². The van der Waals surface area contributed by atoms with Crippen LogP contribution in [0.1, 0.15) is 5.56 Å². The number of benzene rings is 1. The van der Waals surface area contributed by atoms with Crippen molar-refractivity contribution in [3.05, 3.63) is 53.5 Å². The molecule has 0 saturated carbocycles. The number of aromatic nitrogens is 1. The van der Waals surface area contributed by atoms with Gasteiger partial charge in [-0.3, -0.25) is 0 Å². The Balaban J connectivity index is 2.12. The van der Waals surface area contributed by atoms with Crippen LogP contribution in [0.4, 0.5) is 19.0 Å². The van der Waals surface area contributed by atoms with Crippen molar-refractivity contribution in [3.63, 3.8) is 0 Å². The first-order valence-electron chi connectivity index (χ1n) is 5.64. The van der Waals surface area contributed by atoms with Gasteiger partial charge in [-0.2, -0.15) is 9.37 Å². The molecule has 0 aliphatic heterocycles. The van der Waals surface area contributed by atoms with Crippen LogP contribution in [0.5, 0.6) is 0 Å². The maximum absolute atomic E-state index is 13.3. The largest absolute Gasteiger partial charge is 0.363 e. The average molecular weight is 317 g/mol. The molecule has 0 amide bonds. The van der Waals surface area contributed by atoms with Gasteiger partial charge in [0.25, 0.3) is 5.95 Å². The summed E-state index contributed by atoms with van der Waals surface area (Å²) in [5.74, 6) is -4.27. The molecule has 0 unspecified atom stereocenters. The molecule has 5 nitrogen and oxygen atoms in total. The Bertz CT molecular complexity index is 764. The van der Waals surface area contributed by atoms with Crippen molar-refractivity contribution in [1.29, 1.82) is 0 Å². The first-order chi connectivity index (χ1) is 9.77. The van der Waals surface area contributed by atoms with Crippen molar-refractivity contribution in [1.82, 2.24) is 4.98 Å². The summed E-state index contributed by atoms with van der Waals surface area (Å²) in [7, 11) is -3.79. The lowest BCUT2D eigenvalue weighted by atomic mass is 10.2. The third kappa shape index (κ3) is 3.70. The van der Waals surface area contributed by atoms with E-state index < -0.39 is 33.4 Å². The van der Waals surface area contributed by atoms with Crippen LogP contribution in [0.2, 0.25) is 0 Å². The highest BCUT2D eigenvalue weighted by Crippen LogP contribution is 2.16. The predicted octanol–water partition coefficient (Wildman–Crippen LogP) is 1.76. The molecule has 0 fully saturated rings. The van der Waals surface area contributed by atoms with E-state index in [9.17, 15) is 21.6 Å². The third-order valence-corrected chi connectivity index (χ3v) is 3.53. The first kappa shape index (κ1) is 15.3. The van der Waals surface area contributed by atoms with Crippen molar-refractivity contribution in [2.45, 2.75) is 11.4 Å². The Morgan fingerprint density at radius 3 is 2.29 bits per heavy atom. The summed E-state index contributed by atoms with van der Waals surface area (Å²) in [5.41, 5.74) is 0.577. The molecule has 0 radical (unpaired) electrons. The zero-order valence-electron chi connectivity index (χ0n) is 10.5. The molecule has 0 bridgehead atoms. The second kappa shape index (κ2) is 5.70. The fourth-order valence-corrected chi connectivity index (χ4v) is 2.07. The number of nitrogens with two attached hydrogens (primary N) is 1. The maximum atomic E-state index is 13.3. The fraction of sp³-hybridized carbons (Fsp3) is 0.0833. The van der Waals surface area contributed by atoms with E-state index in [1.807, 2.05) is 0 Å². The SMILES string of the molecule is NS(=O)(=O)c1ccc(CNc2nc(F)c(F)cc2F)cc1. The normalized spacial score (nSPS) is 11.4. The number of halogens is 3. The zero-order chi connectivity index (χ0) is 15.6.